The highest BCUT2D eigenvalue weighted by Crippen LogP contribution is 2.22. The highest BCUT2D eigenvalue weighted by atomic mass is 32.2. The van der Waals surface area contributed by atoms with E-state index in [0.717, 1.165) is 6.42 Å². The molecular weight excluding hydrogens is 300 g/mol. The van der Waals surface area contributed by atoms with Crippen LogP contribution in [0.15, 0.2) is 64.6 Å². The Balaban J connectivity index is 2.55. The van der Waals surface area contributed by atoms with Gasteiger partial charge in [-0.2, -0.15) is 0 Å². The van der Waals surface area contributed by atoms with Gasteiger partial charge in [0, 0.05) is 6.08 Å². The molecule has 0 atom stereocenters. The number of esters is 1. The van der Waals surface area contributed by atoms with Crippen LogP contribution >= 0.6 is 0 Å². The maximum absolute atomic E-state index is 12.4. The summed E-state index contributed by atoms with van der Waals surface area (Å²) < 4.78 is 29.3. The first-order valence-electron chi connectivity index (χ1n) is 6.96. The van der Waals surface area contributed by atoms with Crippen LogP contribution in [-0.2, 0) is 19.4 Å². The fourth-order valence-electron chi connectivity index (χ4n) is 1.86. The second-order valence-electron chi connectivity index (χ2n) is 4.59. The number of carbonyl (C=O) groups excluding carboxylic acids is 1. The van der Waals surface area contributed by atoms with Crippen LogP contribution in [0.1, 0.15) is 25.7 Å². The summed E-state index contributed by atoms with van der Waals surface area (Å²) in [7, 11) is -2.19. The number of hydrogen-bond acceptors (Lipinski definition) is 4. The van der Waals surface area contributed by atoms with E-state index < -0.39 is 15.8 Å². The Hall–Kier alpha value is -2.10. The number of ether oxygens (including phenoxy) is 1. The van der Waals surface area contributed by atoms with Gasteiger partial charge in [-0.25, -0.2) is 13.2 Å². The number of sulfone groups is 1. The van der Waals surface area contributed by atoms with Crippen molar-refractivity contribution in [2.24, 2.45) is 0 Å². The van der Waals surface area contributed by atoms with E-state index in [9.17, 15) is 13.2 Å². The van der Waals surface area contributed by atoms with Crippen molar-refractivity contribution in [2.45, 2.75) is 30.6 Å². The number of benzene rings is 1. The third kappa shape index (κ3) is 5.35. The average Bonchev–Trinajstić information content (AvgIpc) is 2.54. The molecule has 0 aliphatic heterocycles. The fraction of sp³-hybridized carbons (Fsp3) is 0.294. The van der Waals surface area contributed by atoms with E-state index in [2.05, 4.69) is 17.0 Å². The third-order valence-electron chi connectivity index (χ3n) is 3.05. The van der Waals surface area contributed by atoms with Gasteiger partial charge in [-0.15, -0.1) is 5.73 Å². The summed E-state index contributed by atoms with van der Waals surface area (Å²) in [6.07, 6.45) is 5.59. The molecule has 0 aliphatic rings. The Bertz CT molecular complexity index is 666. The van der Waals surface area contributed by atoms with Gasteiger partial charge in [0.15, 0.2) is 0 Å². The quantitative estimate of drug-likeness (QED) is 0.319. The summed E-state index contributed by atoms with van der Waals surface area (Å²) in [6, 6.07) is 8.26. The minimum atomic E-state index is -3.51. The zero-order chi connectivity index (χ0) is 16.4. The van der Waals surface area contributed by atoms with E-state index in [1.54, 1.807) is 36.4 Å². The molecule has 1 aromatic rings. The number of unbranched alkanes of at least 4 members (excludes halogenated alkanes) is 2. The van der Waals surface area contributed by atoms with Gasteiger partial charge >= 0.3 is 5.97 Å². The summed E-state index contributed by atoms with van der Waals surface area (Å²) in [4.78, 5) is 11.3. The summed E-state index contributed by atoms with van der Waals surface area (Å²) in [5.74, 6) is -0.390. The molecule has 0 amide bonds. The molecule has 0 radical (unpaired) electrons. The van der Waals surface area contributed by atoms with E-state index in [-0.39, 0.29) is 9.80 Å². The van der Waals surface area contributed by atoms with Crippen molar-refractivity contribution in [3.63, 3.8) is 0 Å². The zero-order valence-corrected chi connectivity index (χ0v) is 13.4. The molecule has 1 aromatic carbocycles. The van der Waals surface area contributed by atoms with E-state index in [4.69, 9.17) is 0 Å². The molecule has 0 aromatic heterocycles. The molecule has 22 heavy (non-hydrogen) atoms. The Kier molecular flexibility index (Phi) is 7.37. The van der Waals surface area contributed by atoms with Crippen molar-refractivity contribution in [1.29, 1.82) is 0 Å². The Morgan fingerprint density at radius 2 is 1.95 bits per heavy atom. The molecule has 0 saturated heterocycles. The van der Waals surface area contributed by atoms with E-state index in [1.807, 2.05) is 0 Å². The third-order valence-corrected chi connectivity index (χ3v) is 4.94. The smallest absolute Gasteiger partial charge is 0.330 e. The number of carbonyl (C=O) groups is 1. The molecule has 0 unspecified atom stereocenters. The molecule has 5 heteroatoms. The maximum atomic E-state index is 12.4. The molecule has 0 spiro atoms. The number of allylic oxidation sites excluding steroid dienone is 2. The molecule has 4 nitrogen and oxygen atoms in total. The normalized spacial score (nSPS) is 11.1. The highest BCUT2D eigenvalue weighted by Gasteiger charge is 2.19. The van der Waals surface area contributed by atoms with Crippen molar-refractivity contribution in [3.8, 4) is 0 Å². The minimum Gasteiger partial charge on any atom is -0.466 e. The summed E-state index contributed by atoms with van der Waals surface area (Å²) in [6.45, 7) is 3.49. The monoisotopic (exact) mass is 320 g/mol. The second-order valence-corrected chi connectivity index (χ2v) is 6.56. The van der Waals surface area contributed by atoms with Gasteiger partial charge in [-0.05, 0) is 37.8 Å². The van der Waals surface area contributed by atoms with Crippen LogP contribution in [0, 0.1) is 0 Å². The predicted molar refractivity (Wildman–Crippen MR) is 85.9 cm³/mol. The van der Waals surface area contributed by atoms with Crippen LogP contribution in [0.2, 0.25) is 0 Å². The van der Waals surface area contributed by atoms with E-state index in [1.165, 1.54) is 13.2 Å². The van der Waals surface area contributed by atoms with Gasteiger partial charge in [0.2, 0.25) is 9.84 Å². The minimum absolute atomic E-state index is 0.204. The van der Waals surface area contributed by atoms with Crippen molar-refractivity contribution < 1.29 is 17.9 Å². The van der Waals surface area contributed by atoms with Gasteiger partial charge in [0.25, 0.3) is 0 Å². The Morgan fingerprint density at radius 1 is 1.27 bits per heavy atom. The molecule has 0 heterocycles. The topological polar surface area (TPSA) is 60.4 Å². The van der Waals surface area contributed by atoms with Gasteiger partial charge in [-0.1, -0.05) is 30.9 Å². The second kappa shape index (κ2) is 9.03. The van der Waals surface area contributed by atoms with Crippen molar-refractivity contribution in [3.05, 3.63) is 59.7 Å². The zero-order valence-electron chi connectivity index (χ0n) is 12.6. The summed E-state index contributed by atoms with van der Waals surface area (Å²) in [5, 5.41) is 0. The summed E-state index contributed by atoms with van der Waals surface area (Å²) in [5.41, 5.74) is 2.55. The van der Waals surface area contributed by atoms with Crippen molar-refractivity contribution >= 4 is 15.8 Å². The lowest BCUT2D eigenvalue weighted by molar-refractivity contribution is -0.134. The summed E-state index contributed by atoms with van der Waals surface area (Å²) >= 11 is 0. The van der Waals surface area contributed by atoms with Crippen LogP contribution in [0.25, 0.3) is 0 Å². The number of hydrogen-bond donors (Lipinski definition) is 0. The molecule has 118 valence electrons. The first kappa shape index (κ1) is 18.0. The maximum Gasteiger partial charge on any atom is 0.330 e. The first-order valence-corrected chi connectivity index (χ1v) is 8.44. The molecule has 0 aliphatic carbocycles. The first-order chi connectivity index (χ1) is 10.5. The molecule has 0 N–H and O–H groups in total. The van der Waals surface area contributed by atoms with Crippen molar-refractivity contribution in [2.75, 3.05) is 7.11 Å². The van der Waals surface area contributed by atoms with Gasteiger partial charge < -0.3 is 4.74 Å². The highest BCUT2D eigenvalue weighted by molar-refractivity contribution is 7.95. The molecule has 1 rings (SSSR count). The van der Waals surface area contributed by atoms with E-state index in [0.29, 0.717) is 19.3 Å². The lowest BCUT2D eigenvalue weighted by Crippen LogP contribution is -2.04. The molecule has 0 fully saturated rings. The van der Waals surface area contributed by atoms with Crippen LogP contribution in [0.3, 0.4) is 0 Å². The van der Waals surface area contributed by atoms with Gasteiger partial charge in [-0.3, -0.25) is 0 Å². The van der Waals surface area contributed by atoms with Crippen LogP contribution in [-0.4, -0.2) is 21.5 Å². The van der Waals surface area contributed by atoms with Gasteiger partial charge in [0.1, 0.15) is 0 Å². The average molecular weight is 320 g/mol. The van der Waals surface area contributed by atoms with Gasteiger partial charge in [0.05, 0.1) is 16.9 Å². The molecule has 0 saturated carbocycles. The van der Waals surface area contributed by atoms with Crippen molar-refractivity contribution in [1.82, 2.24) is 0 Å². The Morgan fingerprint density at radius 3 is 2.55 bits per heavy atom. The predicted octanol–water partition coefficient (Wildman–Crippen LogP) is 3.42. The number of rotatable bonds is 8. The van der Waals surface area contributed by atoms with Crippen LogP contribution in [0.4, 0.5) is 0 Å². The molecule has 0 bridgehead atoms. The van der Waals surface area contributed by atoms with Crippen LogP contribution < -0.4 is 0 Å². The molecular formula is C17H20O4S. The van der Waals surface area contributed by atoms with Crippen LogP contribution in [0.5, 0.6) is 0 Å². The lowest BCUT2D eigenvalue weighted by atomic mass is 10.2. The SMILES string of the molecule is C=C=C(CCCC/C=C/C(=O)OC)S(=O)(=O)c1ccccc1. The number of methoxy groups -OCH3 is 1. The largest absolute Gasteiger partial charge is 0.466 e. The lowest BCUT2D eigenvalue weighted by Gasteiger charge is -2.06. The Labute approximate surface area is 131 Å². The standard InChI is InChI=1S/C17H20O4S/c1-3-15(11-7-4-5-10-14-17(18)21-2)22(19,20)16-12-8-6-9-13-16/h6,8-10,12-14H,1,4-5,7,11H2,2H3/b14-10+. The van der Waals surface area contributed by atoms with E-state index >= 15 is 0 Å². The fourth-order valence-corrected chi connectivity index (χ4v) is 3.26.